The number of thiophene rings is 1. The van der Waals surface area contributed by atoms with Gasteiger partial charge in [-0.2, -0.15) is 0 Å². The van der Waals surface area contributed by atoms with Crippen LogP contribution < -0.4 is 10.6 Å². The Morgan fingerprint density at radius 3 is 2.60 bits per heavy atom. The number of morpholine rings is 1. The number of hydrogen-bond donors (Lipinski definition) is 2. The van der Waals surface area contributed by atoms with Crippen molar-refractivity contribution in [1.29, 1.82) is 0 Å². The molecule has 1 saturated heterocycles. The van der Waals surface area contributed by atoms with E-state index in [1.807, 2.05) is 24.3 Å². The summed E-state index contributed by atoms with van der Waals surface area (Å²) in [7, 11) is 0. The molecular formula is C29H29F2N5O3S. The number of carbonyl (C=O) groups is 2. The number of nitrogens with one attached hydrogen (secondary N) is 2. The minimum atomic E-state index is -2.65. The molecule has 4 aromatic rings. The second-order valence-electron chi connectivity index (χ2n) is 9.75. The van der Waals surface area contributed by atoms with E-state index in [0.717, 1.165) is 42.1 Å². The van der Waals surface area contributed by atoms with Gasteiger partial charge in [-0.05, 0) is 68.0 Å². The normalized spacial score (nSPS) is 17.7. The average Bonchev–Trinajstić information content (AvgIpc) is 3.53. The van der Waals surface area contributed by atoms with Gasteiger partial charge >= 0.3 is 0 Å². The van der Waals surface area contributed by atoms with Crippen molar-refractivity contribution >= 4 is 45.8 Å². The highest BCUT2D eigenvalue weighted by Crippen LogP contribution is 2.30. The molecule has 0 spiro atoms. The fourth-order valence-electron chi connectivity index (χ4n) is 4.91. The van der Waals surface area contributed by atoms with Gasteiger partial charge in [0.1, 0.15) is 0 Å². The zero-order valence-electron chi connectivity index (χ0n) is 22.1. The van der Waals surface area contributed by atoms with Gasteiger partial charge in [0.05, 0.1) is 38.7 Å². The van der Waals surface area contributed by atoms with Crippen molar-refractivity contribution in [2.75, 3.05) is 23.7 Å². The highest BCUT2D eigenvalue weighted by atomic mass is 32.1. The number of halogens is 2. The lowest BCUT2D eigenvalue weighted by Crippen LogP contribution is -2.44. The number of benzene rings is 2. The number of ether oxygens (including phenoxy) is 1. The van der Waals surface area contributed by atoms with Crippen LogP contribution in [0, 0.1) is 0 Å². The number of hydrogen-bond acceptors (Lipinski definition) is 6. The molecule has 2 aromatic carbocycles. The number of alkyl halides is 2. The molecule has 2 N–H and O–H groups in total. The Kier molecular flexibility index (Phi) is 8.06. The number of imidazole rings is 1. The van der Waals surface area contributed by atoms with Crippen LogP contribution in [0.4, 0.5) is 20.4 Å². The minimum absolute atomic E-state index is 0.144. The van der Waals surface area contributed by atoms with Gasteiger partial charge in [-0.3, -0.25) is 24.4 Å². The third-order valence-electron chi connectivity index (χ3n) is 6.47. The number of carbonyl (C=O) groups excluding carboxylic acids is 2. The summed E-state index contributed by atoms with van der Waals surface area (Å²) < 4.78 is 33.8. The molecule has 0 unspecified atom stereocenters. The molecule has 0 saturated carbocycles. The Labute approximate surface area is 234 Å². The summed E-state index contributed by atoms with van der Waals surface area (Å²) in [6, 6.07) is 15.7. The van der Waals surface area contributed by atoms with Crippen LogP contribution in [-0.4, -0.2) is 51.6 Å². The molecule has 40 heavy (non-hydrogen) atoms. The van der Waals surface area contributed by atoms with Crippen LogP contribution in [0.1, 0.15) is 40.4 Å². The van der Waals surface area contributed by atoms with E-state index in [2.05, 4.69) is 36.0 Å². The Morgan fingerprint density at radius 1 is 1.12 bits per heavy atom. The SMILES string of the molecule is C=CC(=O)Nc1cccc(-n2c(NC(=O)c3ccc(C(F)F)s3)nc3cc(CN4C[C@@H](C)O[C@@H](C)C4)ccc32)c1. The summed E-state index contributed by atoms with van der Waals surface area (Å²) in [4.78, 5) is 32.0. The van der Waals surface area contributed by atoms with Crippen molar-refractivity contribution in [2.45, 2.75) is 39.0 Å². The highest BCUT2D eigenvalue weighted by Gasteiger charge is 2.23. The lowest BCUT2D eigenvalue weighted by Gasteiger charge is -2.35. The Morgan fingerprint density at radius 2 is 1.90 bits per heavy atom. The molecule has 2 aromatic heterocycles. The van der Waals surface area contributed by atoms with Crippen LogP contribution in [0.5, 0.6) is 0 Å². The van der Waals surface area contributed by atoms with Crippen molar-refractivity contribution < 1.29 is 23.1 Å². The minimum Gasteiger partial charge on any atom is -0.373 e. The van der Waals surface area contributed by atoms with E-state index in [9.17, 15) is 18.4 Å². The van der Waals surface area contributed by atoms with Crippen LogP contribution >= 0.6 is 11.3 Å². The number of anilines is 2. The first-order chi connectivity index (χ1) is 19.2. The van der Waals surface area contributed by atoms with Gasteiger partial charge < -0.3 is 10.1 Å². The quantitative estimate of drug-likeness (QED) is 0.256. The number of rotatable bonds is 8. The Bertz CT molecular complexity index is 1560. The zero-order chi connectivity index (χ0) is 28.4. The van der Waals surface area contributed by atoms with Gasteiger partial charge in [-0.15, -0.1) is 11.3 Å². The van der Waals surface area contributed by atoms with Crippen molar-refractivity contribution in [3.63, 3.8) is 0 Å². The Balaban J connectivity index is 1.52. The van der Waals surface area contributed by atoms with E-state index in [1.165, 1.54) is 18.2 Å². The van der Waals surface area contributed by atoms with E-state index < -0.39 is 12.3 Å². The molecule has 5 rings (SSSR count). The fraction of sp³-hybridized carbons (Fsp3) is 0.276. The number of amides is 2. The number of nitrogens with zero attached hydrogens (tertiary/aromatic N) is 3. The third-order valence-corrected chi connectivity index (χ3v) is 7.56. The summed E-state index contributed by atoms with van der Waals surface area (Å²) in [5.74, 6) is -0.670. The predicted molar refractivity (Wildman–Crippen MR) is 152 cm³/mol. The maximum absolute atomic E-state index is 13.1. The topological polar surface area (TPSA) is 88.5 Å². The third kappa shape index (κ3) is 6.11. The van der Waals surface area contributed by atoms with Crippen LogP contribution in [-0.2, 0) is 16.1 Å². The second kappa shape index (κ2) is 11.7. The molecule has 1 aliphatic rings. The summed E-state index contributed by atoms with van der Waals surface area (Å²) in [5.41, 5.74) is 3.62. The van der Waals surface area contributed by atoms with Crippen molar-refractivity contribution in [1.82, 2.24) is 14.5 Å². The second-order valence-corrected chi connectivity index (χ2v) is 10.9. The van der Waals surface area contributed by atoms with E-state index in [4.69, 9.17) is 9.72 Å². The molecule has 0 aliphatic carbocycles. The first-order valence-corrected chi connectivity index (χ1v) is 13.6. The van der Waals surface area contributed by atoms with Gasteiger partial charge in [0.15, 0.2) is 0 Å². The molecule has 2 amide bonds. The molecule has 11 heteroatoms. The summed E-state index contributed by atoms with van der Waals surface area (Å²) in [5, 5.41) is 5.54. The lowest BCUT2D eigenvalue weighted by molar-refractivity contribution is -0.111. The van der Waals surface area contributed by atoms with E-state index in [0.29, 0.717) is 16.9 Å². The highest BCUT2D eigenvalue weighted by molar-refractivity contribution is 7.14. The molecule has 1 fully saturated rings. The summed E-state index contributed by atoms with van der Waals surface area (Å²) in [6.45, 7) is 9.97. The predicted octanol–water partition coefficient (Wildman–Crippen LogP) is 6.01. The maximum atomic E-state index is 13.1. The Hall–Kier alpha value is -3.93. The average molecular weight is 566 g/mol. The van der Waals surface area contributed by atoms with Gasteiger partial charge in [-0.1, -0.05) is 18.7 Å². The lowest BCUT2D eigenvalue weighted by atomic mass is 10.1. The number of aromatic nitrogens is 2. The smallest absolute Gasteiger partial charge is 0.272 e. The standard InChI is InChI=1S/C29H29F2N5O3S/c1-4-26(37)32-20-6-5-7-21(13-20)36-23-9-8-19(16-35-14-17(2)39-18(3)15-35)12-22(23)33-29(36)34-28(38)25-11-10-24(40-25)27(30)31/h4-13,17-18,27H,1,14-16H2,2-3H3,(H,32,37)(H,33,34,38)/t17-,18+. The first kappa shape index (κ1) is 27.6. The molecular weight excluding hydrogens is 536 g/mol. The first-order valence-electron chi connectivity index (χ1n) is 12.8. The van der Waals surface area contributed by atoms with Gasteiger partial charge in [0.25, 0.3) is 12.3 Å². The van der Waals surface area contributed by atoms with Crippen molar-refractivity contribution in [2.24, 2.45) is 0 Å². The summed E-state index contributed by atoms with van der Waals surface area (Å²) >= 11 is 0.739. The van der Waals surface area contributed by atoms with Crippen LogP contribution in [0.2, 0.25) is 0 Å². The zero-order valence-corrected chi connectivity index (χ0v) is 22.9. The molecule has 0 radical (unpaired) electrons. The largest absolute Gasteiger partial charge is 0.373 e. The van der Waals surface area contributed by atoms with E-state index >= 15 is 0 Å². The van der Waals surface area contributed by atoms with Crippen LogP contribution in [0.15, 0.2) is 67.3 Å². The molecule has 2 atom stereocenters. The van der Waals surface area contributed by atoms with Crippen molar-refractivity contribution in [3.05, 3.63) is 82.6 Å². The molecule has 1 aliphatic heterocycles. The molecule has 208 valence electrons. The van der Waals surface area contributed by atoms with Gasteiger partial charge in [0, 0.05) is 25.3 Å². The van der Waals surface area contributed by atoms with Crippen LogP contribution in [0.25, 0.3) is 16.7 Å². The molecule has 3 heterocycles. The number of fused-ring (bicyclic) bond motifs is 1. The molecule has 0 bridgehead atoms. The van der Waals surface area contributed by atoms with Gasteiger partial charge in [0.2, 0.25) is 11.9 Å². The van der Waals surface area contributed by atoms with Gasteiger partial charge in [-0.25, -0.2) is 13.8 Å². The maximum Gasteiger partial charge on any atom is 0.272 e. The molecule has 8 nitrogen and oxygen atoms in total. The van der Waals surface area contributed by atoms with E-state index in [1.54, 1.807) is 22.8 Å². The monoisotopic (exact) mass is 565 g/mol. The summed E-state index contributed by atoms with van der Waals surface area (Å²) in [6.07, 6.45) is -1.19. The van der Waals surface area contributed by atoms with Crippen LogP contribution in [0.3, 0.4) is 0 Å². The van der Waals surface area contributed by atoms with E-state index in [-0.39, 0.29) is 33.8 Å². The fourth-order valence-corrected chi connectivity index (χ4v) is 5.67. The van der Waals surface area contributed by atoms with Crippen molar-refractivity contribution in [3.8, 4) is 5.69 Å².